The van der Waals surface area contributed by atoms with Crippen molar-refractivity contribution in [3.8, 4) is 0 Å². The zero-order valence-electron chi connectivity index (χ0n) is 12.0. The van der Waals surface area contributed by atoms with Gasteiger partial charge in [0.1, 0.15) is 0 Å². The van der Waals surface area contributed by atoms with Gasteiger partial charge >= 0.3 is 0 Å². The van der Waals surface area contributed by atoms with Crippen molar-refractivity contribution in [1.82, 2.24) is 0 Å². The Hall–Kier alpha value is -1.90. The van der Waals surface area contributed by atoms with Crippen molar-refractivity contribution in [3.63, 3.8) is 0 Å². The average Bonchev–Trinajstić information content (AvgIpc) is 3.07. The fourth-order valence-electron chi connectivity index (χ4n) is 5.03. The van der Waals surface area contributed by atoms with Gasteiger partial charge in [0.2, 0.25) is 11.8 Å². The molecule has 2 amide bonds. The highest BCUT2D eigenvalue weighted by Gasteiger charge is 2.73. The summed E-state index contributed by atoms with van der Waals surface area (Å²) in [7, 11) is 0. The lowest BCUT2D eigenvalue weighted by molar-refractivity contribution is -0.123. The maximum absolute atomic E-state index is 12.9. The van der Waals surface area contributed by atoms with Gasteiger partial charge < -0.3 is 0 Å². The molecule has 1 aromatic rings. The number of fused-ring (bicyclic) bond motifs is 3. The number of amides is 2. The number of carbonyl (C=O) groups is 2. The van der Waals surface area contributed by atoms with E-state index in [0.29, 0.717) is 11.8 Å². The molecule has 4 atom stereocenters. The minimum atomic E-state index is -0.101. The largest absolute Gasteiger partial charge is 0.274 e. The molecule has 2 bridgehead atoms. The third kappa shape index (κ3) is 1.22. The number of aryl methyl sites for hydroxylation is 1. The molecular formula is C18H17NO2. The second kappa shape index (κ2) is 3.46. The summed E-state index contributed by atoms with van der Waals surface area (Å²) in [5, 5.41) is 0. The summed E-state index contributed by atoms with van der Waals surface area (Å²) in [6.45, 7) is 2.01. The summed E-state index contributed by atoms with van der Waals surface area (Å²) < 4.78 is 0. The van der Waals surface area contributed by atoms with Crippen LogP contribution in [-0.2, 0) is 9.59 Å². The molecule has 1 aliphatic heterocycles. The number of benzene rings is 1. The van der Waals surface area contributed by atoms with Crippen LogP contribution in [0.1, 0.15) is 18.4 Å². The van der Waals surface area contributed by atoms with Crippen LogP contribution >= 0.6 is 0 Å². The van der Waals surface area contributed by atoms with Crippen LogP contribution in [0.25, 0.3) is 0 Å². The van der Waals surface area contributed by atoms with Gasteiger partial charge in [-0.3, -0.25) is 14.5 Å². The first-order valence-electron chi connectivity index (χ1n) is 7.76. The Morgan fingerprint density at radius 3 is 1.95 bits per heavy atom. The molecule has 106 valence electrons. The molecule has 1 spiro atoms. The van der Waals surface area contributed by atoms with E-state index in [2.05, 4.69) is 12.2 Å². The number of nitrogens with zero attached hydrogens (tertiary/aromatic N) is 1. The smallest absolute Gasteiger partial charge is 0.238 e. The molecule has 3 aliphatic carbocycles. The fourth-order valence-corrected chi connectivity index (χ4v) is 5.03. The Kier molecular flexibility index (Phi) is 1.93. The van der Waals surface area contributed by atoms with Gasteiger partial charge in [-0.25, -0.2) is 0 Å². The van der Waals surface area contributed by atoms with Crippen molar-refractivity contribution in [2.45, 2.75) is 19.8 Å². The summed E-state index contributed by atoms with van der Waals surface area (Å²) in [6.07, 6.45) is 6.80. The Morgan fingerprint density at radius 1 is 0.952 bits per heavy atom. The molecule has 3 nitrogen and oxygen atoms in total. The Balaban J connectivity index is 1.57. The first-order chi connectivity index (χ1) is 10.1. The highest BCUT2D eigenvalue weighted by Crippen LogP contribution is 2.73. The molecule has 21 heavy (non-hydrogen) atoms. The van der Waals surface area contributed by atoms with Gasteiger partial charge in [0.05, 0.1) is 17.5 Å². The van der Waals surface area contributed by atoms with Crippen molar-refractivity contribution in [3.05, 3.63) is 42.0 Å². The normalized spacial score (nSPS) is 37.7. The first kappa shape index (κ1) is 11.7. The summed E-state index contributed by atoms with van der Waals surface area (Å²) in [5.41, 5.74) is 2.14. The molecule has 0 N–H and O–H groups in total. The number of anilines is 1. The fraction of sp³-hybridized carbons (Fsp3) is 0.444. The van der Waals surface area contributed by atoms with E-state index >= 15 is 0 Å². The Morgan fingerprint density at radius 2 is 1.48 bits per heavy atom. The quantitative estimate of drug-likeness (QED) is 0.585. The number of allylic oxidation sites excluding steroid dienone is 2. The van der Waals surface area contributed by atoms with Crippen LogP contribution in [0.15, 0.2) is 36.4 Å². The van der Waals surface area contributed by atoms with E-state index < -0.39 is 0 Å². The molecule has 0 radical (unpaired) electrons. The Bertz CT molecular complexity index is 664. The van der Waals surface area contributed by atoms with Crippen LogP contribution in [0.5, 0.6) is 0 Å². The predicted molar refractivity (Wildman–Crippen MR) is 78.4 cm³/mol. The molecular weight excluding hydrogens is 262 g/mol. The van der Waals surface area contributed by atoms with Gasteiger partial charge in [-0.2, -0.15) is 0 Å². The van der Waals surface area contributed by atoms with E-state index in [4.69, 9.17) is 0 Å². The van der Waals surface area contributed by atoms with Gasteiger partial charge in [-0.1, -0.05) is 29.8 Å². The highest BCUT2D eigenvalue weighted by molar-refractivity contribution is 6.23. The van der Waals surface area contributed by atoms with Gasteiger partial charge in [0.25, 0.3) is 0 Å². The minimum Gasteiger partial charge on any atom is -0.274 e. The second-order valence-corrected chi connectivity index (χ2v) is 7.07. The standard InChI is InChI=1S/C18H17NO2/c1-10-2-4-11(5-3-10)19-16(20)14-12-6-7-13(15(14)17(19)21)18(12)8-9-18/h2-7,12-15H,8-9H2,1H3/t12-,13-,14+,15+/m1/s1. The van der Waals surface area contributed by atoms with E-state index in [1.807, 2.05) is 31.2 Å². The lowest BCUT2D eigenvalue weighted by Crippen LogP contribution is -2.34. The third-order valence-corrected chi connectivity index (χ3v) is 6.14. The van der Waals surface area contributed by atoms with Crippen LogP contribution in [0.3, 0.4) is 0 Å². The molecule has 3 heteroatoms. The maximum atomic E-state index is 12.9. The molecule has 0 aromatic heterocycles. The Labute approximate surface area is 123 Å². The number of hydrogen-bond acceptors (Lipinski definition) is 2. The monoisotopic (exact) mass is 279 g/mol. The lowest BCUT2D eigenvalue weighted by Gasteiger charge is -2.21. The van der Waals surface area contributed by atoms with Gasteiger partial charge in [-0.05, 0) is 49.1 Å². The third-order valence-electron chi connectivity index (χ3n) is 6.14. The molecule has 0 unspecified atom stereocenters. The maximum Gasteiger partial charge on any atom is 0.238 e. The summed E-state index contributed by atoms with van der Waals surface area (Å²) in [4.78, 5) is 27.2. The van der Waals surface area contributed by atoms with Crippen LogP contribution in [0, 0.1) is 36.0 Å². The van der Waals surface area contributed by atoms with E-state index in [0.717, 1.165) is 11.3 Å². The predicted octanol–water partition coefficient (Wildman–Crippen LogP) is 2.70. The van der Waals surface area contributed by atoms with Gasteiger partial charge in [0, 0.05) is 0 Å². The molecule has 3 fully saturated rings. The zero-order chi connectivity index (χ0) is 14.4. The van der Waals surface area contributed by atoms with Gasteiger partial charge in [0.15, 0.2) is 0 Å². The molecule has 5 rings (SSSR count). The van der Waals surface area contributed by atoms with E-state index in [9.17, 15) is 9.59 Å². The highest BCUT2D eigenvalue weighted by atomic mass is 16.2. The van der Waals surface area contributed by atoms with E-state index in [1.165, 1.54) is 17.7 Å². The van der Waals surface area contributed by atoms with Crippen molar-refractivity contribution < 1.29 is 9.59 Å². The minimum absolute atomic E-state index is 0.0250. The van der Waals surface area contributed by atoms with Crippen molar-refractivity contribution in [2.24, 2.45) is 29.1 Å². The second-order valence-electron chi connectivity index (χ2n) is 7.07. The van der Waals surface area contributed by atoms with Crippen molar-refractivity contribution in [1.29, 1.82) is 0 Å². The van der Waals surface area contributed by atoms with Crippen LogP contribution in [0.4, 0.5) is 5.69 Å². The van der Waals surface area contributed by atoms with Crippen LogP contribution in [0.2, 0.25) is 0 Å². The number of imide groups is 1. The first-order valence-corrected chi connectivity index (χ1v) is 7.76. The number of rotatable bonds is 1. The molecule has 1 saturated heterocycles. The molecule has 4 aliphatic rings. The molecule has 1 heterocycles. The summed E-state index contributed by atoms with van der Waals surface area (Å²) in [5.74, 6) is 0.459. The van der Waals surface area contributed by atoms with E-state index in [1.54, 1.807) is 0 Å². The summed E-state index contributed by atoms with van der Waals surface area (Å²) >= 11 is 0. The van der Waals surface area contributed by atoms with Crippen molar-refractivity contribution >= 4 is 17.5 Å². The molecule has 2 saturated carbocycles. The topological polar surface area (TPSA) is 37.4 Å². The zero-order valence-corrected chi connectivity index (χ0v) is 12.0. The molecule has 1 aromatic carbocycles. The van der Waals surface area contributed by atoms with Gasteiger partial charge in [-0.15, -0.1) is 0 Å². The van der Waals surface area contributed by atoms with Crippen LogP contribution in [-0.4, -0.2) is 11.8 Å². The van der Waals surface area contributed by atoms with E-state index in [-0.39, 0.29) is 29.1 Å². The number of hydrogen-bond donors (Lipinski definition) is 0. The SMILES string of the molecule is Cc1ccc(N2C(=O)[C@@H]3[C@@H](C2=O)[C@H]2C=C[C@H]3C23CC3)cc1. The lowest BCUT2D eigenvalue weighted by atomic mass is 9.85. The number of carbonyl (C=O) groups excluding carboxylic acids is 2. The summed E-state index contributed by atoms with van der Waals surface area (Å²) in [6, 6.07) is 7.68. The average molecular weight is 279 g/mol. The van der Waals surface area contributed by atoms with Crippen molar-refractivity contribution in [2.75, 3.05) is 4.90 Å². The van der Waals surface area contributed by atoms with Crippen LogP contribution < -0.4 is 4.90 Å².